The Labute approximate surface area is 77.8 Å². The van der Waals surface area contributed by atoms with Gasteiger partial charge in [-0.15, -0.1) is 0 Å². The average Bonchev–Trinajstić information content (AvgIpc) is 2.04. The quantitative estimate of drug-likeness (QED) is 0.659. The molecule has 13 heavy (non-hydrogen) atoms. The second-order valence-electron chi connectivity index (χ2n) is 3.51. The number of carbonyl (C=O) groups excluding carboxylic acids is 1. The molecule has 0 unspecified atom stereocenters. The molecule has 3 nitrogen and oxygen atoms in total. The van der Waals surface area contributed by atoms with E-state index < -0.39 is 5.60 Å². The number of hydrogen-bond acceptors (Lipinski definition) is 3. The van der Waals surface area contributed by atoms with E-state index in [4.69, 9.17) is 4.74 Å². The van der Waals surface area contributed by atoms with Crippen LogP contribution in [0.2, 0.25) is 0 Å². The molecule has 0 saturated heterocycles. The summed E-state index contributed by atoms with van der Waals surface area (Å²) >= 11 is 0. The minimum Gasteiger partial charge on any atom is -0.462 e. The lowest BCUT2D eigenvalue weighted by molar-refractivity contribution is -0.140. The highest BCUT2D eigenvalue weighted by Crippen LogP contribution is 2.14. The molecule has 70 valence electrons. The molecule has 0 N–H and O–H groups in total. The molecule has 0 saturated carbocycles. The fourth-order valence-electron chi connectivity index (χ4n) is 1.16. The van der Waals surface area contributed by atoms with Gasteiger partial charge >= 0.3 is 0 Å². The number of nitrogens with zero attached hydrogens (tertiary/aromatic N) is 1. The average molecular weight is 179 g/mol. The van der Waals surface area contributed by atoms with Crippen LogP contribution in [-0.4, -0.2) is 17.1 Å². The summed E-state index contributed by atoms with van der Waals surface area (Å²) in [4.78, 5) is 14.1. The van der Waals surface area contributed by atoms with Crippen molar-refractivity contribution in [2.75, 3.05) is 0 Å². The predicted molar refractivity (Wildman–Crippen MR) is 49.2 cm³/mol. The van der Waals surface area contributed by atoms with Gasteiger partial charge in [-0.2, -0.15) is 0 Å². The number of aromatic nitrogens is 1. The second kappa shape index (κ2) is 4.03. The zero-order valence-electron chi connectivity index (χ0n) is 7.86. The lowest BCUT2D eigenvalue weighted by Gasteiger charge is -2.22. The summed E-state index contributed by atoms with van der Waals surface area (Å²) < 4.78 is 4.93. The SMILES string of the molecule is CC(C)(Cc1ccncc1)OC=O. The van der Waals surface area contributed by atoms with Gasteiger partial charge in [0.1, 0.15) is 5.60 Å². The first-order valence-corrected chi connectivity index (χ1v) is 4.14. The van der Waals surface area contributed by atoms with E-state index in [0.717, 1.165) is 5.56 Å². The van der Waals surface area contributed by atoms with Crippen molar-refractivity contribution in [1.29, 1.82) is 0 Å². The first-order chi connectivity index (χ1) is 6.14. The molecule has 0 fully saturated rings. The zero-order chi connectivity index (χ0) is 9.73. The Hall–Kier alpha value is -1.38. The minimum absolute atomic E-state index is 0.441. The number of hydrogen-bond donors (Lipinski definition) is 0. The maximum Gasteiger partial charge on any atom is 0.293 e. The number of pyridine rings is 1. The van der Waals surface area contributed by atoms with Crippen LogP contribution in [0.4, 0.5) is 0 Å². The van der Waals surface area contributed by atoms with Crippen molar-refractivity contribution >= 4 is 6.47 Å². The monoisotopic (exact) mass is 179 g/mol. The summed E-state index contributed by atoms with van der Waals surface area (Å²) in [7, 11) is 0. The lowest BCUT2D eigenvalue weighted by atomic mass is 9.99. The van der Waals surface area contributed by atoms with Crippen LogP contribution in [-0.2, 0) is 16.0 Å². The third-order valence-electron chi connectivity index (χ3n) is 1.75. The van der Waals surface area contributed by atoms with Crippen molar-refractivity contribution in [3.63, 3.8) is 0 Å². The standard InChI is InChI=1S/C10H13NO2/c1-10(2,13-8-12)7-9-3-5-11-6-4-9/h3-6,8H,7H2,1-2H3. The van der Waals surface area contributed by atoms with E-state index in [9.17, 15) is 4.79 Å². The molecule has 3 heteroatoms. The van der Waals surface area contributed by atoms with Gasteiger partial charge in [-0.1, -0.05) is 0 Å². The van der Waals surface area contributed by atoms with Gasteiger partial charge in [0.15, 0.2) is 0 Å². The topological polar surface area (TPSA) is 39.2 Å². The maximum atomic E-state index is 10.2. The Morgan fingerprint density at radius 2 is 2.08 bits per heavy atom. The molecule has 1 heterocycles. The van der Waals surface area contributed by atoms with E-state index in [0.29, 0.717) is 12.9 Å². The van der Waals surface area contributed by atoms with Crippen LogP contribution < -0.4 is 0 Å². The third-order valence-corrected chi connectivity index (χ3v) is 1.75. The van der Waals surface area contributed by atoms with Crippen LogP contribution in [0.25, 0.3) is 0 Å². The second-order valence-corrected chi connectivity index (χ2v) is 3.51. The number of carbonyl (C=O) groups is 1. The van der Waals surface area contributed by atoms with Crippen LogP contribution in [0, 0.1) is 0 Å². The molecule has 0 bridgehead atoms. The van der Waals surface area contributed by atoms with Crippen LogP contribution in [0.15, 0.2) is 24.5 Å². The summed E-state index contributed by atoms with van der Waals surface area (Å²) in [6.07, 6.45) is 4.16. The first kappa shape index (κ1) is 9.71. The van der Waals surface area contributed by atoms with E-state index in [2.05, 4.69) is 4.98 Å². The summed E-state index contributed by atoms with van der Waals surface area (Å²) in [6, 6.07) is 3.83. The molecular formula is C10H13NO2. The Kier molecular flexibility index (Phi) is 3.01. The normalized spacial score (nSPS) is 10.9. The molecule has 0 amide bonds. The molecule has 1 rings (SSSR count). The molecule has 0 radical (unpaired) electrons. The summed E-state index contributed by atoms with van der Waals surface area (Å²) in [5.41, 5.74) is 0.671. The molecule has 0 aliphatic heterocycles. The lowest BCUT2D eigenvalue weighted by Crippen LogP contribution is -2.26. The Morgan fingerprint density at radius 1 is 1.46 bits per heavy atom. The fraction of sp³-hybridized carbons (Fsp3) is 0.400. The van der Waals surface area contributed by atoms with Crippen LogP contribution in [0.5, 0.6) is 0 Å². The first-order valence-electron chi connectivity index (χ1n) is 4.14. The summed E-state index contributed by atoms with van der Waals surface area (Å²) in [6.45, 7) is 4.24. The van der Waals surface area contributed by atoms with Gasteiger partial charge in [0.2, 0.25) is 0 Å². The number of ether oxygens (including phenoxy) is 1. The Balaban J connectivity index is 2.63. The van der Waals surface area contributed by atoms with Crippen molar-refractivity contribution in [1.82, 2.24) is 4.98 Å². The Morgan fingerprint density at radius 3 is 2.62 bits per heavy atom. The van der Waals surface area contributed by atoms with Gasteiger partial charge in [-0.05, 0) is 31.5 Å². The van der Waals surface area contributed by atoms with Gasteiger partial charge in [0.25, 0.3) is 6.47 Å². The molecule has 1 aromatic heterocycles. The number of rotatable bonds is 4. The van der Waals surface area contributed by atoms with Crippen LogP contribution in [0.3, 0.4) is 0 Å². The summed E-state index contributed by atoms with van der Waals surface area (Å²) in [5.74, 6) is 0. The summed E-state index contributed by atoms with van der Waals surface area (Å²) in [5, 5.41) is 0. The Bertz CT molecular complexity index is 270. The van der Waals surface area contributed by atoms with Gasteiger partial charge in [-0.25, -0.2) is 0 Å². The van der Waals surface area contributed by atoms with Crippen LogP contribution in [0.1, 0.15) is 19.4 Å². The molecular weight excluding hydrogens is 166 g/mol. The molecule has 1 aromatic rings. The fourth-order valence-corrected chi connectivity index (χ4v) is 1.16. The molecule has 0 aliphatic carbocycles. The smallest absolute Gasteiger partial charge is 0.293 e. The van der Waals surface area contributed by atoms with Crippen LogP contribution >= 0.6 is 0 Å². The van der Waals surface area contributed by atoms with E-state index >= 15 is 0 Å². The third kappa shape index (κ3) is 3.23. The zero-order valence-corrected chi connectivity index (χ0v) is 7.86. The highest BCUT2D eigenvalue weighted by molar-refractivity contribution is 5.38. The van der Waals surface area contributed by atoms with Crippen molar-refractivity contribution in [3.8, 4) is 0 Å². The highest BCUT2D eigenvalue weighted by Gasteiger charge is 2.18. The predicted octanol–water partition coefficient (Wildman–Crippen LogP) is 1.58. The van der Waals surface area contributed by atoms with E-state index in [1.165, 1.54) is 0 Å². The van der Waals surface area contributed by atoms with Gasteiger partial charge in [-0.3, -0.25) is 9.78 Å². The molecule has 0 aromatic carbocycles. The maximum absolute atomic E-state index is 10.2. The molecule has 0 spiro atoms. The van der Waals surface area contributed by atoms with E-state index in [1.54, 1.807) is 12.4 Å². The molecule has 0 atom stereocenters. The van der Waals surface area contributed by atoms with Crippen molar-refractivity contribution in [2.24, 2.45) is 0 Å². The molecule has 0 aliphatic rings. The van der Waals surface area contributed by atoms with E-state index in [-0.39, 0.29) is 0 Å². The largest absolute Gasteiger partial charge is 0.462 e. The van der Waals surface area contributed by atoms with Crippen molar-refractivity contribution in [2.45, 2.75) is 25.9 Å². The van der Waals surface area contributed by atoms with Gasteiger partial charge in [0.05, 0.1) is 0 Å². The highest BCUT2D eigenvalue weighted by atomic mass is 16.5. The van der Waals surface area contributed by atoms with Gasteiger partial charge < -0.3 is 4.74 Å². The van der Waals surface area contributed by atoms with Crippen molar-refractivity contribution in [3.05, 3.63) is 30.1 Å². The minimum atomic E-state index is -0.441. The van der Waals surface area contributed by atoms with Gasteiger partial charge in [0, 0.05) is 18.8 Å². The van der Waals surface area contributed by atoms with E-state index in [1.807, 2.05) is 26.0 Å². The van der Waals surface area contributed by atoms with Crippen molar-refractivity contribution < 1.29 is 9.53 Å².